The van der Waals surface area contributed by atoms with E-state index in [0.717, 1.165) is 11.1 Å². The minimum Gasteiger partial charge on any atom is -0.486 e. The van der Waals surface area contributed by atoms with Crippen LogP contribution in [-0.2, 0) is 0 Å². The third kappa shape index (κ3) is 3.34. The Bertz CT molecular complexity index is 929. The Morgan fingerprint density at radius 2 is 1.81 bits per heavy atom. The number of aryl methyl sites for hydroxylation is 2. The van der Waals surface area contributed by atoms with Gasteiger partial charge < -0.3 is 9.64 Å². The standard InChI is InChI=1S/C22H22ClNO3/c1-14-10-18-19(25)13-22(27-20(18)11-15(14)2)6-8-24(9-7-22)21(26)16-4-3-5-17(23)12-16/h3-5,10-12H,6-9,13H2,1-2H3. The second-order valence-corrected chi connectivity index (χ2v) is 8.06. The molecule has 0 unspecified atom stereocenters. The first-order valence-electron chi connectivity index (χ1n) is 9.25. The van der Waals surface area contributed by atoms with Gasteiger partial charge in [-0.05, 0) is 55.3 Å². The van der Waals surface area contributed by atoms with Gasteiger partial charge >= 0.3 is 0 Å². The molecule has 2 heterocycles. The van der Waals surface area contributed by atoms with Crippen molar-refractivity contribution in [1.82, 2.24) is 4.90 Å². The highest BCUT2D eigenvalue weighted by atomic mass is 35.5. The van der Waals surface area contributed by atoms with E-state index in [1.165, 1.54) is 0 Å². The van der Waals surface area contributed by atoms with Crippen LogP contribution in [0.2, 0.25) is 5.02 Å². The van der Waals surface area contributed by atoms with Gasteiger partial charge in [-0.15, -0.1) is 0 Å². The minimum absolute atomic E-state index is 0.0265. The van der Waals surface area contributed by atoms with E-state index in [4.69, 9.17) is 16.3 Å². The average molecular weight is 384 g/mol. The van der Waals surface area contributed by atoms with Crippen LogP contribution in [0, 0.1) is 13.8 Å². The molecule has 4 rings (SSSR count). The molecule has 2 aliphatic heterocycles. The summed E-state index contributed by atoms with van der Waals surface area (Å²) in [5, 5.41) is 0.554. The van der Waals surface area contributed by atoms with Crippen LogP contribution in [0.4, 0.5) is 0 Å². The van der Waals surface area contributed by atoms with E-state index in [0.29, 0.717) is 54.3 Å². The van der Waals surface area contributed by atoms with Crippen LogP contribution in [0.3, 0.4) is 0 Å². The lowest BCUT2D eigenvalue weighted by molar-refractivity contribution is -0.00575. The molecule has 0 radical (unpaired) electrons. The molecular weight excluding hydrogens is 362 g/mol. The summed E-state index contributed by atoms with van der Waals surface area (Å²) in [6, 6.07) is 10.9. The SMILES string of the molecule is Cc1cc2c(cc1C)C(=O)CC1(CCN(C(=O)c3cccc(Cl)c3)CC1)O2. The Kier molecular flexibility index (Phi) is 4.47. The van der Waals surface area contributed by atoms with Crippen molar-refractivity contribution in [2.75, 3.05) is 13.1 Å². The summed E-state index contributed by atoms with van der Waals surface area (Å²) in [6.45, 7) is 5.17. The van der Waals surface area contributed by atoms with Crippen molar-refractivity contribution in [3.05, 3.63) is 63.7 Å². The number of Topliss-reactive ketones (excluding diaryl/α,β-unsaturated/α-hetero) is 1. The molecule has 0 atom stereocenters. The van der Waals surface area contributed by atoms with Crippen molar-refractivity contribution in [1.29, 1.82) is 0 Å². The van der Waals surface area contributed by atoms with Gasteiger partial charge in [-0.3, -0.25) is 9.59 Å². The molecule has 4 nitrogen and oxygen atoms in total. The molecule has 2 aromatic carbocycles. The Morgan fingerprint density at radius 1 is 1.11 bits per heavy atom. The molecule has 1 saturated heterocycles. The maximum atomic E-state index is 12.7. The van der Waals surface area contributed by atoms with Gasteiger partial charge in [-0.2, -0.15) is 0 Å². The number of likely N-dealkylation sites (tertiary alicyclic amines) is 1. The molecule has 2 aromatic rings. The molecule has 1 amide bonds. The molecular formula is C22H22ClNO3. The number of ketones is 1. The van der Waals surface area contributed by atoms with Crippen molar-refractivity contribution in [3.63, 3.8) is 0 Å². The van der Waals surface area contributed by atoms with Crippen LogP contribution in [0.5, 0.6) is 5.75 Å². The first kappa shape index (κ1) is 18.1. The van der Waals surface area contributed by atoms with Crippen LogP contribution < -0.4 is 4.74 Å². The highest BCUT2D eigenvalue weighted by Crippen LogP contribution is 2.40. The second kappa shape index (κ2) is 6.68. The number of piperidine rings is 1. The van der Waals surface area contributed by atoms with Crippen LogP contribution >= 0.6 is 11.6 Å². The van der Waals surface area contributed by atoms with E-state index in [1.54, 1.807) is 24.3 Å². The highest BCUT2D eigenvalue weighted by molar-refractivity contribution is 6.30. The lowest BCUT2D eigenvalue weighted by Gasteiger charge is -2.44. The van der Waals surface area contributed by atoms with E-state index in [-0.39, 0.29) is 11.7 Å². The van der Waals surface area contributed by atoms with Gasteiger partial charge in [0.2, 0.25) is 0 Å². The second-order valence-electron chi connectivity index (χ2n) is 7.62. The fraction of sp³-hybridized carbons (Fsp3) is 0.364. The van der Waals surface area contributed by atoms with E-state index in [1.807, 2.05) is 30.9 Å². The van der Waals surface area contributed by atoms with Crippen molar-refractivity contribution in [2.24, 2.45) is 0 Å². The molecule has 1 spiro atoms. The number of rotatable bonds is 1. The Labute approximate surface area is 164 Å². The van der Waals surface area contributed by atoms with Crippen LogP contribution in [0.25, 0.3) is 0 Å². The first-order chi connectivity index (χ1) is 12.9. The lowest BCUT2D eigenvalue weighted by Crippen LogP contribution is -2.52. The topological polar surface area (TPSA) is 46.6 Å². The molecule has 0 saturated carbocycles. The number of halogens is 1. The van der Waals surface area contributed by atoms with E-state index in [9.17, 15) is 9.59 Å². The predicted octanol–water partition coefficient (Wildman–Crippen LogP) is 4.60. The summed E-state index contributed by atoms with van der Waals surface area (Å²) >= 11 is 6.00. The van der Waals surface area contributed by atoms with Gasteiger partial charge in [0, 0.05) is 36.5 Å². The normalized spacial score (nSPS) is 18.2. The minimum atomic E-state index is -0.503. The molecule has 27 heavy (non-hydrogen) atoms. The smallest absolute Gasteiger partial charge is 0.253 e. The molecule has 0 N–H and O–H groups in total. The number of hydrogen-bond acceptors (Lipinski definition) is 3. The summed E-state index contributed by atoms with van der Waals surface area (Å²) in [7, 11) is 0. The molecule has 1 fully saturated rings. The maximum absolute atomic E-state index is 12.7. The van der Waals surface area contributed by atoms with Gasteiger partial charge in [0.1, 0.15) is 11.4 Å². The number of carbonyl (C=O) groups is 2. The summed E-state index contributed by atoms with van der Waals surface area (Å²) in [5.74, 6) is 0.791. The van der Waals surface area contributed by atoms with Crippen LogP contribution in [-0.4, -0.2) is 35.3 Å². The summed E-state index contributed by atoms with van der Waals surface area (Å²) < 4.78 is 6.34. The predicted molar refractivity (Wildman–Crippen MR) is 105 cm³/mol. The van der Waals surface area contributed by atoms with Crippen molar-refractivity contribution >= 4 is 23.3 Å². The number of fused-ring (bicyclic) bond motifs is 1. The van der Waals surface area contributed by atoms with Crippen molar-refractivity contribution in [3.8, 4) is 5.75 Å². The van der Waals surface area contributed by atoms with Crippen molar-refractivity contribution in [2.45, 2.75) is 38.7 Å². The number of amides is 1. The van der Waals surface area contributed by atoms with Gasteiger partial charge in [0.05, 0.1) is 12.0 Å². The average Bonchev–Trinajstić information content (AvgIpc) is 2.64. The van der Waals surface area contributed by atoms with Gasteiger partial charge in [-0.25, -0.2) is 0 Å². The number of ether oxygens (including phenoxy) is 1. The summed E-state index contributed by atoms with van der Waals surface area (Å²) in [5.41, 5.74) is 2.99. The van der Waals surface area contributed by atoms with Gasteiger partial charge in [0.25, 0.3) is 5.91 Å². The monoisotopic (exact) mass is 383 g/mol. The fourth-order valence-corrected chi connectivity index (χ4v) is 4.14. The Hall–Kier alpha value is -2.33. The van der Waals surface area contributed by atoms with Crippen molar-refractivity contribution < 1.29 is 14.3 Å². The Balaban J connectivity index is 1.51. The number of benzene rings is 2. The molecule has 0 aliphatic carbocycles. The van der Waals surface area contributed by atoms with Gasteiger partial charge in [0.15, 0.2) is 5.78 Å². The maximum Gasteiger partial charge on any atom is 0.253 e. The summed E-state index contributed by atoms with van der Waals surface area (Å²) in [4.78, 5) is 27.3. The number of carbonyl (C=O) groups excluding carboxylic acids is 2. The lowest BCUT2D eigenvalue weighted by atomic mass is 9.81. The van der Waals surface area contributed by atoms with Crippen LogP contribution in [0.15, 0.2) is 36.4 Å². The molecule has 140 valence electrons. The largest absolute Gasteiger partial charge is 0.486 e. The zero-order valence-corrected chi connectivity index (χ0v) is 16.3. The van der Waals surface area contributed by atoms with Gasteiger partial charge in [-0.1, -0.05) is 17.7 Å². The highest BCUT2D eigenvalue weighted by Gasteiger charge is 2.43. The first-order valence-corrected chi connectivity index (χ1v) is 9.63. The molecule has 2 aliphatic rings. The fourth-order valence-electron chi connectivity index (χ4n) is 3.95. The third-order valence-corrected chi connectivity index (χ3v) is 5.97. The number of hydrogen-bond donors (Lipinski definition) is 0. The quantitative estimate of drug-likeness (QED) is 0.723. The zero-order valence-electron chi connectivity index (χ0n) is 15.5. The number of nitrogens with zero attached hydrogens (tertiary/aromatic N) is 1. The van der Waals surface area contributed by atoms with E-state index < -0.39 is 5.60 Å². The van der Waals surface area contributed by atoms with E-state index >= 15 is 0 Å². The molecule has 0 bridgehead atoms. The van der Waals surface area contributed by atoms with E-state index in [2.05, 4.69) is 0 Å². The molecule has 0 aromatic heterocycles. The molecule has 5 heteroatoms. The summed E-state index contributed by atoms with van der Waals surface area (Å²) in [6.07, 6.45) is 1.68. The Morgan fingerprint density at radius 3 is 2.52 bits per heavy atom. The van der Waals surface area contributed by atoms with Crippen LogP contribution in [0.1, 0.15) is 51.1 Å². The zero-order chi connectivity index (χ0) is 19.2. The third-order valence-electron chi connectivity index (χ3n) is 5.74.